The summed E-state index contributed by atoms with van der Waals surface area (Å²) in [5.74, 6) is 0.122. The first-order chi connectivity index (χ1) is 15.2. The van der Waals surface area contributed by atoms with Crippen LogP contribution in [0.5, 0.6) is 5.75 Å². The number of aromatic nitrogens is 1. The van der Waals surface area contributed by atoms with Crippen molar-refractivity contribution in [3.05, 3.63) is 102 Å². The molecule has 0 bridgehead atoms. The lowest BCUT2D eigenvalue weighted by molar-refractivity contribution is -0.110. The van der Waals surface area contributed by atoms with E-state index in [9.17, 15) is 9.90 Å². The minimum Gasteiger partial charge on any atom is -0.508 e. The Balaban J connectivity index is 1.36. The molecule has 0 saturated carbocycles. The van der Waals surface area contributed by atoms with Crippen LogP contribution in [0.4, 0.5) is 11.4 Å². The van der Waals surface area contributed by atoms with E-state index < -0.39 is 0 Å². The van der Waals surface area contributed by atoms with Gasteiger partial charge in [0.05, 0.1) is 11.1 Å². The molecule has 5 heteroatoms. The summed E-state index contributed by atoms with van der Waals surface area (Å²) in [5.41, 5.74) is 6.06. The van der Waals surface area contributed by atoms with Crippen molar-refractivity contribution in [2.45, 2.75) is 0 Å². The molecule has 0 fully saturated rings. The number of amides is 1. The maximum atomic E-state index is 12.5. The zero-order valence-electron chi connectivity index (χ0n) is 16.5. The average molecular weight is 405 g/mol. The third kappa shape index (κ3) is 3.76. The van der Waals surface area contributed by atoms with Crippen molar-refractivity contribution in [3.63, 3.8) is 0 Å². The van der Waals surface area contributed by atoms with Gasteiger partial charge in [0.15, 0.2) is 0 Å². The van der Waals surface area contributed by atoms with Gasteiger partial charge in [0, 0.05) is 34.7 Å². The molecule has 5 rings (SSSR count). The van der Waals surface area contributed by atoms with Gasteiger partial charge in [0.2, 0.25) is 0 Å². The minimum atomic E-state index is -0.132. The predicted molar refractivity (Wildman–Crippen MR) is 125 cm³/mol. The molecule has 1 aromatic heterocycles. The smallest absolute Gasteiger partial charge is 0.257 e. The molecule has 4 aromatic rings. The topological polar surface area (TPSA) is 74.2 Å². The summed E-state index contributed by atoms with van der Waals surface area (Å²) in [5, 5.41) is 16.5. The molecule has 0 spiro atoms. The Morgan fingerprint density at radius 1 is 0.871 bits per heavy atom. The quantitative estimate of drug-likeness (QED) is 0.309. The van der Waals surface area contributed by atoms with Gasteiger partial charge in [-0.05, 0) is 53.6 Å². The summed E-state index contributed by atoms with van der Waals surface area (Å²) >= 11 is 0. The van der Waals surface area contributed by atoms with Crippen LogP contribution in [-0.2, 0) is 4.79 Å². The van der Waals surface area contributed by atoms with Gasteiger partial charge in [-0.1, -0.05) is 42.5 Å². The number of phenolic OH excluding ortho intramolecular Hbond substituents is 1. The number of pyridine rings is 1. The van der Waals surface area contributed by atoms with E-state index in [-0.39, 0.29) is 11.7 Å². The third-order valence-corrected chi connectivity index (χ3v) is 5.20. The Labute approximate surface area is 179 Å². The number of fused-ring (bicyclic) bond motifs is 3. The average Bonchev–Trinajstić information content (AvgIpc) is 3.13. The zero-order chi connectivity index (χ0) is 21.2. The van der Waals surface area contributed by atoms with Crippen LogP contribution in [0.15, 0.2) is 85.2 Å². The van der Waals surface area contributed by atoms with E-state index in [0.29, 0.717) is 5.57 Å². The SMILES string of the molecule is O=C1Nc2ccc3ncccc3c2/C1=C\Nc1ccc(/C=C/c2ccc(O)cc2)cc1. The lowest BCUT2D eigenvalue weighted by Gasteiger charge is -2.06. The number of anilines is 2. The van der Waals surface area contributed by atoms with Crippen molar-refractivity contribution >= 4 is 45.9 Å². The number of aromatic hydroxyl groups is 1. The standard InChI is InChI=1S/C26H19N3O2/c30-20-11-7-18(8-12-20)4-3-17-5-9-19(10-6-17)28-16-22-25-21-2-1-15-27-23(21)13-14-24(25)29-26(22)31/h1-16,28,30H,(H,29,31)/b4-3+,22-16+. The van der Waals surface area contributed by atoms with Crippen molar-refractivity contribution in [1.82, 2.24) is 4.98 Å². The summed E-state index contributed by atoms with van der Waals surface area (Å²) in [7, 11) is 0. The van der Waals surface area contributed by atoms with Crippen molar-refractivity contribution in [2.75, 3.05) is 10.6 Å². The fourth-order valence-corrected chi connectivity index (χ4v) is 3.61. The lowest BCUT2D eigenvalue weighted by Crippen LogP contribution is -2.05. The zero-order valence-corrected chi connectivity index (χ0v) is 16.5. The minimum absolute atomic E-state index is 0.132. The second-order valence-corrected chi connectivity index (χ2v) is 7.26. The molecular weight excluding hydrogens is 386 g/mol. The van der Waals surface area contributed by atoms with Gasteiger partial charge >= 0.3 is 0 Å². The van der Waals surface area contributed by atoms with Gasteiger partial charge in [0.25, 0.3) is 5.91 Å². The fourth-order valence-electron chi connectivity index (χ4n) is 3.61. The maximum Gasteiger partial charge on any atom is 0.257 e. The Morgan fingerprint density at radius 3 is 2.32 bits per heavy atom. The monoisotopic (exact) mass is 405 g/mol. The van der Waals surface area contributed by atoms with E-state index in [4.69, 9.17) is 0 Å². The fraction of sp³-hybridized carbons (Fsp3) is 0. The van der Waals surface area contributed by atoms with Gasteiger partial charge in [-0.2, -0.15) is 0 Å². The van der Waals surface area contributed by atoms with Crippen molar-refractivity contribution < 1.29 is 9.90 Å². The number of hydrogen-bond donors (Lipinski definition) is 3. The van der Waals surface area contributed by atoms with Crippen LogP contribution in [0, 0.1) is 0 Å². The first-order valence-corrected chi connectivity index (χ1v) is 9.91. The van der Waals surface area contributed by atoms with Crippen LogP contribution in [0.2, 0.25) is 0 Å². The molecule has 31 heavy (non-hydrogen) atoms. The number of benzene rings is 3. The molecule has 5 nitrogen and oxygen atoms in total. The molecule has 3 aromatic carbocycles. The van der Waals surface area contributed by atoms with E-state index in [1.807, 2.05) is 72.8 Å². The molecule has 0 atom stereocenters. The van der Waals surface area contributed by atoms with Crippen molar-refractivity contribution in [1.29, 1.82) is 0 Å². The number of nitrogens with one attached hydrogen (secondary N) is 2. The molecule has 0 saturated heterocycles. The van der Waals surface area contributed by atoms with Crippen molar-refractivity contribution in [3.8, 4) is 5.75 Å². The largest absolute Gasteiger partial charge is 0.508 e. The highest BCUT2D eigenvalue weighted by atomic mass is 16.3. The molecule has 1 aliphatic heterocycles. The number of carbonyl (C=O) groups excluding carboxylic acids is 1. The highest BCUT2D eigenvalue weighted by molar-refractivity contribution is 6.34. The highest BCUT2D eigenvalue weighted by Gasteiger charge is 2.26. The van der Waals surface area contributed by atoms with E-state index in [1.165, 1.54) is 0 Å². The number of carbonyl (C=O) groups is 1. The van der Waals surface area contributed by atoms with Crippen LogP contribution in [0.1, 0.15) is 16.7 Å². The number of rotatable bonds is 4. The second-order valence-electron chi connectivity index (χ2n) is 7.26. The van der Waals surface area contributed by atoms with Crippen molar-refractivity contribution in [2.24, 2.45) is 0 Å². The predicted octanol–water partition coefficient (Wildman–Crippen LogP) is 5.52. The van der Waals surface area contributed by atoms with Crippen LogP contribution in [0.3, 0.4) is 0 Å². The summed E-state index contributed by atoms with van der Waals surface area (Å²) in [6.45, 7) is 0. The molecular formula is C26H19N3O2. The first kappa shape index (κ1) is 18.6. The van der Waals surface area contributed by atoms with E-state index in [0.717, 1.165) is 39.0 Å². The molecule has 0 aliphatic carbocycles. The van der Waals surface area contributed by atoms with Gasteiger partial charge in [-0.3, -0.25) is 9.78 Å². The molecule has 1 amide bonds. The summed E-state index contributed by atoms with van der Waals surface area (Å²) < 4.78 is 0. The third-order valence-electron chi connectivity index (χ3n) is 5.20. The van der Waals surface area contributed by atoms with Gasteiger partial charge < -0.3 is 15.7 Å². The summed E-state index contributed by atoms with van der Waals surface area (Å²) in [4.78, 5) is 16.9. The Kier molecular flexibility index (Phi) is 4.69. The Morgan fingerprint density at radius 2 is 1.58 bits per heavy atom. The summed E-state index contributed by atoms with van der Waals surface area (Å²) in [6.07, 6.45) is 7.49. The van der Waals surface area contributed by atoms with E-state index in [1.54, 1.807) is 24.5 Å². The molecule has 2 heterocycles. The number of hydrogen-bond acceptors (Lipinski definition) is 4. The molecule has 0 unspecified atom stereocenters. The van der Waals surface area contributed by atoms with Gasteiger partial charge in [0.1, 0.15) is 5.75 Å². The molecule has 3 N–H and O–H groups in total. The normalized spacial score (nSPS) is 14.2. The molecule has 1 aliphatic rings. The second kappa shape index (κ2) is 7.80. The summed E-state index contributed by atoms with van der Waals surface area (Å²) in [6, 6.07) is 22.6. The Bertz CT molecular complexity index is 1340. The molecule has 150 valence electrons. The number of nitrogens with zero attached hydrogens (tertiary/aromatic N) is 1. The Hall–Kier alpha value is -4.38. The maximum absolute atomic E-state index is 12.5. The highest BCUT2D eigenvalue weighted by Crippen LogP contribution is 2.37. The van der Waals surface area contributed by atoms with Crippen LogP contribution >= 0.6 is 0 Å². The van der Waals surface area contributed by atoms with E-state index >= 15 is 0 Å². The van der Waals surface area contributed by atoms with E-state index in [2.05, 4.69) is 15.6 Å². The number of phenols is 1. The van der Waals surface area contributed by atoms with Gasteiger partial charge in [-0.15, -0.1) is 0 Å². The first-order valence-electron chi connectivity index (χ1n) is 9.91. The van der Waals surface area contributed by atoms with Crippen LogP contribution < -0.4 is 10.6 Å². The van der Waals surface area contributed by atoms with Crippen LogP contribution in [-0.4, -0.2) is 16.0 Å². The lowest BCUT2D eigenvalue weighted by atomic mass is 10.0. The van der Waals surface area contributed by atoms with Crippen LogP contribution in [0.25, 0.3) is 28.6 Å². The van der Waals surface area contributed by atoms with Gasteiger partial charge in [-0.25, -0.2) is 0 Å². The molecule has 0 radical (unpaired) electrons.